The predicted molar refractivity (Wildman–Crippen MR) is 281 cm³/mol. The minimum absolute atomic E-state index is 0.0269. The third-order valence-corrected chi connectivity index (χ3v) is 16.0. The first-order chi connectivity index (χ1) is 36.4. The van der Waals surface area contributed by atoms with Crippen LogP contribution in [-0.4, -0.2) is 119 Å². The van der Waals surface area contributed by atoms with Gasteiger partial charge in [-0.15, -0.1) is 5.06 Å². The molecule has 1 aliphatic carbocycles. The van der Waals surface area contributed by atoms with Crippen LogP contribution in [0.5, 0.6) is 5.75 Å². The van der Waals surface area contributed by atoms with Crippen molar-refractivity contribution in [2.24, 2.45) is 11.0 Å². The van der Waals surface area contributed by atoms with Crippen LogP contribution in [0.3, 0.4) is 0 Å². The molecule has 4 heterocycles. The first-order valence-corrected chi connectivity index (χ1v) is 26.8. The van der Waals surface area contributed by atoms with Gasteiger partial charge in [-0.05, 0) is 92.7 Å². The summed E-state index contributed by atoms with van der Waals surface area (Å²) in [5.41, 5.74) is 7.55. The van der Waals surface area contributed by atoms with E-state index in [0.717, 1.165) is 28.7 Å². The molecule has 21 heteroatoms. The minimum Gasteiger partial charge on any atom is -0.494 e. The molecule has 3 fully saturated rings. The molecule has 4 aromatic rings. The van der Waals surface area contributed by atoms with Crippen LogP contribution < -0.4 is 30.6 Å². The van der Waals surface area contributed by atoms with Crippen molar-refractivity contribution in [1.82, 2.24) is 25.7 Å². The zero-order valence-corrected chi connectivity index (χ0v) is 43.0. The molecule has 1 aromatic heterocycles. The van der Waals surface area contributed by atoms with Crippen LogP contribution in [0.25, 0.3) is 0 Å². The van der Waals surface area contributed by atoms with E-state index in [-0.39, 0.29) is 67.8 Å². The van der Waals surface area contributed by atoms with Gasteiger partial charge in [0, 0.05) is 150 Å². The number of imide groups is 1. The fourth-order valence-electron chi connectivity index (χ4n) is 8.61. The van der Waals surface area contributed by atoms with Crippen molar-refractivity contribution < 1.29 is 50.3 Å². The van der Waals surface area contributed by atoms with Crippen molar-refractivity contribution in [3.8, 4) is 5.75 Å². The number of anilines is 3. The number of rotatable bonds is 21. The summed E-state index contributed by atoms with van der Waals surface area (Å²) in [6.07, 6.45) is 2.91. The molecule has 3 N–H and O–H groups in total. The van der Waals surface area contributed by atoms with E-state index < -0.39 is 52.5 Å². The number of amides is 6. The van der Waals surface area contributed by atoms with Gasteiger partial charge in [-0.3, -0.25) is 33.8 Å². The summed E-state index contributed by atoms with van der Waals surface area (Å²) in [7, 11) is 5.07. The molecule has 2 unspecified atom stereocenters. The number of hydrogen-bond acceptors (Lipinski definition) is 15. The number of pyridine rings is 1. The fraction of sp³-hybridized carbons (Fsp3) is 0.415. The number of nitrogens with one attached hydrogen (secondary N) is 3. The smallest absolute Gasteiger partial charge is 0.333 e. The molecule has 1 saturated carbocycles. The Morgan fingerprint density at radius 1 is 0.932 bits per heavy atom. The first kappa shape index (κ1) is 50.5. The lowest BCUT2D eigenvalue weighted by Gasteiger charge is -2.36. The number of piperazine rings is 1. The molecule has 18 nitrogen and oxygen atoms in total. The molecule has 8 rings (SSSR count). The molecule has 0 bridgehead atoms. The summed E-state index contributed by atoms with van der Waals surface area (Å²) >= 11 is 0. The van der Waals surface area contributed by atoms with Crippen LogP contribution in [0, 0.1) is 11.7 Å². The van der Waals surface area contributed by atoms with E-state index in [9.17, 15) is 33.6 Å². The summed E-state index contributed by atoms with van der Waals surface area (Å²) in [5.74, 6) is -3.86. The summed E-state index contributed by atoms with van der Waals surface area (Å²) in [4.78, 5) is 103. The Labute approximate surface area is 439 Å². The molecule has 0 radical (unpaired) electrons. The van der Waals surface area contributed by atoms with Crippen molar-refractivity contribution in [2.75, 3.05) is 67.2 Å². The SMILES string of the molecule is [2H]C1([2H])C(C(=O)Nc2ccc(CNC(=O)c3ccc(N4CCN(C(=O)CCSSC(C)(C)CC(=O)N/N=C5\CCN(C)c6cc(OCCCC(=O)ON7C(=O)CCC7=O)ccc65)CC4)cc3)c(F)c2)C1c1cccnc1. The molecule has 0 spiro atoms. The van der Waals surface area contributed by atoms with Gasteiger partial charge < -0.3 is 34.9 Å². The molecular formula is C53H60FN9O9S2. The molecule has 74 heavy (non-hydrogen) atoms. The van der Waals surface area contributed by atoms with Crippen LogP contribution in [0.2, 0.25) is 0 Å². The Bertz CT molecular complexity index is 2860. The first-order valence-electron chi connectivity index (χ1n) is 25.5. The fourth-order valence-corrected chi connectivity index (χ4v) is 11.1. The van der Waals surface area contributed by atoms with Gasteiger partial charge in [0.25, 0.3) is 17.7 Å². The summed E-state index contributed by atoms with van der Waals surface area (Å²) in [5, 5.41) is 10.4. The van der Waals surface area contributed by atoms with Gasteiger partial charge >= 0.3 is 5.97 Å². The van der Waals surface area contributed by atoms with Crippen LogP contribution in [0.4, 0.5) is 21.5 Å². The highest BCUT2D eigenvalue weighted by molar-refractivity contribution is 8.77. The van der Waals surface area contributed by atoms with Crippen molar-refractivity contribution in [3.63, 3.8) is 0 Å². The molecule has 390 valence electrons. The highest BCUT2D eigenvalue weighted by Crippen LogP contribution is 2.47. The Kier molecular flexibility index (Phi) is 16.6. The minimum atomic E-state index is -1.75. The Hall–Kier alpha value is -7.00. The van der Waals surface area contributed by atoms with E-state index in [2.05, 4.69) is 35.9 Å². The quantitative estimate of drug-likeness (QED) is 0.0347. The molecule has 2 saturated heterocycles. The van der Waals surface area contributed by atoms with Gasteiger partial charge in [0.05, 0.1) is 18.7 Å². The van der Waals surface area contributed by atoms with Crippen LogP contribution >= 0.6 is 21.6 Å². The van der Waals surface area contributed by atoms with Crippen LogP contribution in [-0.2, 0) is 40.1 Å². The number of fused-ring (bicyclic) bond motifs is 1. The maximum Gasteiger partial charge on any atom is 0.333 e. The second-order valence-corrected chi connectivity index (χ2v) is 22.0. The highest BCUT2D eigenvalue weighted by atomic mass is 33.1. The standard InChI is InChI=1S/C53H60FN9O9S2/c1-53(2,31-46(64)59-58-44-18-21-60(3)45-29-39(14-15-40(44)45)71-26-5-7-50(68)72-63-48(66)16-17-49(63)67)74-73-27-19-47(65)62-24-22-61(23-25-62)38-12-9-34(10-13-38)51(69)56-33-36-8-11-37(28-43(36)54)57-52(70)42-30-41(42)35-6-4-20-55-32-35/h4,6,8-15,20,28-29,32,41-42H,5,7,16-19,21-27,30-31,33H2,1-3H3,(H,56,69)(H,57,70)(H,59,64)/b58-44+/i30D2. The number of aromatic nitrogens is 1. The van der Waals surface area contributed by atoms with Crippen molar-refractivity contribution in [2.45, 2.75) is 82.4 Å². The lowest BCUT2D eigenvalue weighted by atomic mass is 10.00. The Morgan fingerprint density at radius 3 is 2.43 bits per heavy atom. The Balaban J connectivity index is 0.699. The van der Waals surface area contributed by atoms with Crippen molar-refractivity contribution in [1.29, 1.82) is 0 Å². The van der Waals surface area contributed by atoms with Gasteiger partial charge in [0.2, 0.25) is 17.7 Å². The molecule has 4 aliphatic rings. The number of hydroxylamine groups is 2. The second-order valence-electron chi connectivity index (χ2n) is 18.8. The number of hydrogen-bond donors (Lipinski definition) is 3. The molecular weight excluding hydrogens is 990 g/mol. The summed E-state index contributed by atoms with van der Waals surface area (Å²) in [6.45, 7) is 7.10. The van der Waals surface area contributed by atoms with E-state index >= 15 is 4.39 Å². The van der Waals surface area contributed by atoms with E-state index in [4.69, 9.17) is 12.3 Å². The number of nitrogens with zero attached hydrogens (tertiary/aromatic N) is 6. The molecule has 3 aromatic carbocycles. The average molecular weight is 1050 g/mol. The number of ether oxygens (including phenoxy) is 1. The predicted octanol–water partition coefficient (Wildman–Crippen LogP) is 6.61. The maximum absolute atomic E-state index is 15.1. The maximum atomic E-state index is 15.1. The number of carbonyl (C=O) groups excluding carboxylic acids is 7. The zero-order valence-electron chi connectivity index (χ0n) is 43.4. The van der Waals surface area contributed by atoms with Gasteiger partial charge in [0.15, 0.2) is 0 Å². The van der Waals surface area contributed by atoms with Crippen molar-refractivity contribution >= 4 is 85.8 Å². The van der Waals surface area contributed by atoms with E-state index in [1.165, 1.54) is 18.3 Å². The lowest BCUT2D eigenvalue weighted by Crippen LogP contribution is -2.48. The molecule has 6 amide bonds. The van der Waals surface area contributed by atoms with E-state index in [1.54, 1.807) is 58.1 Å². The lowest BCUT2D eigenvalue weighted by molar-refractivity contribution is -0.197. The Morgan fingerprint density at radius 2 is 1.70 bits per heavy atom. The number of hydrazone groups is 1. The van der Waals surface area contributed by atoms with Crippen molar-refractivity contribution in [3.05, 3.63) is 113 Å². The summed E-state index contributed by atoms with van der Waals surface area (Å²) in [6, 6.07) is 20.2. The zero-order chi connectivity index (χ0) is 54.1. The van der Waals surface area contributed by atoms with E-state index in [0.29, 0.717) is 79.7 Å². The third kappa shape index (κ3) is 14.2. The monoisotopic (exact) mass is 1050 g/mol. The molecule has 2 atom stereocenters. The van der Waals surface area contributed by atoms with Gasteiger partial charge in [-0.1, -0.05) is 33.7 Å². The number of carbonyl (C=O) groups is 7. The van der Waals surface area contributed by atoms with Gasteiger partial charge in [-0.25, -0.2) is 14.6 Å². The van der Waals surface area contributed by atoms with Gasteiger partial charge in [-0.2, -0.15) is 5.10 Å². The number of halogens is 1. The number of benzene rings is 3. The normalized spacial score (nSPS) is 19.1. The molecule has 3 aliphatic heterocycles. The van der Waals surface area contributed by atoms with E-state index in [1.807, 2.05) is 50.1 Å². The topological polar surface area (TPSA) is 212 Å². The largest absolute Gasteiger partial charge is 0.494 e. The van der Waals surface area contributed by atoms with Crippen LogP contribution in [0.1, 0.15) is 101 Å². The average Bonchev–Trinajstić information content (AvgIpc) is 4.10. The second kappa shape index (κ2) is 24.4. The van der Waals surface area contributed by atoms with Crippen LogP contribution in [0.15, 0.2) is 90.3 Å². The van der Waals surface area contributed by atoms with Gasteiger partial charge in [0.1, 0.15) is 11.6 Å². The summed E-state index contributed by atoms with van der Waals surface area (Å²) < 4.78 is 37.1. The highest BCUT2D eigenvalue weighted by Gasteiger charge is 2.44. The third-order valence-electron chi connectivity index (χ3n) is 12.8.